The molecule has 2 rings (SSSR count). The number of quaternary nitrogens is 1. The third-order valence-electron chi connectivity index (χ3n) is 3.59. The normalized spacial score (nSPS) is 11.8. The van der Waals surface area contributed by atoms with Crippen molar-refractivity contribution in [1.82, 2.24) is 0 Å². The number of ether oxygens (including phenoxy) is 2. The zero-order valence-electron chi connectivity index (χ0n) is 13.7. The minimum absolute atomic E-state index is 0.420. The van der Waals surface area contributed by atoms with E-state index in [9.17, 15) is 5.11 Å². The molecule has 24 heavy (non-hydrogen) atoms. The lowest BCUT2D eigenvalue weighted by Gasteiger charge is -2.14. The van der Waals surface area contributed by atoms with Crippen LogP contribution >= 0.6 is 15.9 Å². The van der Waals surface area contributed by atoms with E-state index in [4.69, 9.17) is 9.47 Å². The minimum atomic E-state index is -0.480. The Kier molecular flexibility index (Phi) is 7.31. The molecule has 0 amide bonds. The van der Waals surface area contributed by atoms with E-state index in [0.29, 0.717) is 24.7 Å². The summed E-state index contributed by atoms with van der Waals surface area (Å²) in [5, 5.41) is 12.3. The van der Waals surface area contributed by atoms with Crippen LogP contribution in [-0.2, 0) is 6.54 Å². The van der Waals surface area contributed by atoms with Gasteiger partial charge in [0.05, 0.1) is 11.6 Å². The number of nitrogens with two attached hydrogens (primary N) is 1. The summed E-state index contributed by atoms with van der Waals surface area (Å²) >= 11 is 3.52. The standard InChI is InChI=1S/C19H22BrNO3/c1-3-9-24-19-16(20)10-14(11-18(19)23-2)12-21-13-17(22)15-7-5-4-6-8-15/h3-8,10-11,17,21-22H,1,9,12-13H2,2H3/p+1/t17-/m0/s1. The lowest BCUT2D eigenvalue weighted by Crippen LogP contribution is -2.83. The van der Waals surface area contributed by atoms with Crippen LogP contribution in [0, 0.1) is 0 Å². The van der Waals surface area contributed by atoms with Crippen LogP contribution in [0.5, 0.6) is 11.5 Å². The third-order valence-corrected chi connectivity index (χ3v) is 4.18. The van der Waals surface area contributed by atoms with Crippen molar-refractivity contribution in [3.63, 3.8) is 0 Å². The van der Waals surface area contributed by atoms with Gasteiger partial charge in [-0.1, -0.05) is 43.0 Å². The summed E-state index contributed by atoms with van der Waals surface area (Å²) in [4.78, 5) is 0. The first-order valence-electron chi connectivity index (χ1n) is 7.80. The molecule has 0 fully saturated rings. The van der Waals surface area contributed by atoms with Gasteiger partial charge in [0.2, 0.25) is 0 Å². The van der Waals surface area contributed by atoms with Gasteiger partial charge in [0.25, 0.3) is 0 Å². The second kappa shape index (κ2) is 9.47. The third kappa shape index (κ3) is 5.09. The van der Waals surface area contributed by atoms with Crippen LogP contribution in [-0.4, -0.2) is 25.4 Å². The van der Waals surface area contributed by atoms with Crippen LogP contribution < -0.4 is 14.8 Å². The van der Waals surface area contributed by atoms with Gasteiger partial charge in [0, 0.05) is 5.56 Å². The summed E-state index contributed by atoms with van der Waals surface area (Å²) < 4.78 is 11.9. The molecule has 1 atom stereocenters. The Hall–Kier alpha value is -1.82. The number of benzene rings is 2. The van der Waals surface area contributed by atoms with Crippen LogP contribution in [0.4, 0.5) is 0 Å². The summed E-state index contributed by atoms with van der Waals surface area (Å²) in [5.74, 6) is 1.35. The maximum atomic E-state index is 10.2. The number of aliphatic hydroxyl groups excluding tert-OH is 1. The fourth-order valence-corrected chi connectivity index (χ4v) is 3.00. The SMILES string of the molecule is C=CCOc1c(Br)cc(C[NH2+]C[C@H](O)c2ccccc2)cc1OC. The molecule has 128 valence electrons. The maximum Gasteiger partial charge on any atom is 0.175 e. The summed E-state index contributed by atoms with van der Waals surface area (Å²) in [6, 6.07) is 13.6. The molecule has 2 aromatic rings. The first-order valence-corrected chi connectivity index (χ1v) is 8.59. The molecule has 3 N–H and O–H groups in total. The van der Waals surface area contributed by atoms with Crippen LogP contribution in [0.3, 0.4) is 0 Å². The van der Waals surface area contributed by atoms with E-state index in [2.05, 4.69) is 27.8 Å². The Morgan fingerprint density at radius 1 is 1.29 bits per heavy atom. The molecule has 0 aliphatic carbocycles. The zero-order chi connectivity index (χ0) is 17.4. The number of hydrogen-bond donors (Lipinski definition) is 2. The van der Waals surface area contributed by atoms with Crippen LogP contribution in [0.15, 0.2) is 59.6 Å². The van der Waals surface area contributed by atoms with Gasteiger partial charge in [-0.2, -0.15) is 0 Å². The molecule has 0 bridgehead atoms. The molecule has 0 spiro atoms. The molecule has 5 heteroatoms. The molecule has 0 heterocycles. The molecular weight excluding hydrogens is 370 g/mol. The number of rotatable bonds is 9. The molecule has 0 saturated heterocycles. The van der Waals surface area contributed by atoms with E-state index in [0.717, 1.165) is 22.1 Å². The van der Waals surface area contributed by atoms with E-state index in [-0.39, 0.29) is 0 Å². The Balaban J connectivity index is 1.97. The Morgan fingerprint density at radius 3 is 2.71 bits per heavy atom. The van der Waals surface area contributed by atoms with Gasteiger partial charge in [-0.05, 0) is 33.6 Å². The molecule has 0 aromatic heterocycles. The highest BCUT2D eigenvalue weighted by atomic mass is 79.9. The molecule has 2 aromatic carbocycles. The fraction of sp³-hybridized carbons (Fsp3) is 0.263. The topological polar surface area (TPSA) is 55.3 Å². The number of halogens is 1. The number of aliphatic hydroxyl groups is 1. The van der Waals surface area contributed by atoms with Crippen molar-refractivity contribution in [3.8, 4) is 11.5 Å². The highest BCUT2D eigenvalue weighted by Crippen LogP contribution is 2.36. The summed E-state index contributed by atoms with van der Waals surface area (Å²) in [7, 11) is 1.62. The van der Waals surface area contributed by atoms with Gasteiger partial charge in [0.15, 0.2) is 11.5 Å². The van der Waals surface area contributed by atoms with Crippen molar-refractivity contribution < 1.29 is 19.9 Å². The van der Waals surface area contributed by atoms with Crippen molar-refractivity contribution in [2.45, 2.75) is 12.6 Å². The number of methoxy groups -OCH3 is 1. The van der Waals surface area contributed by atoms with Gasteiger partial charge in [0.1, 0.15) is 25.8 Å². The van der Waals surface area contributed by atoms with Crippen LogP contribution in [0.25, 0.3) is 0 Å². The fourth-order valence-electron chi connectivity index (χ4n) is 2.39. The summed E-state index contributed by atoms with van der Waals surface area (Å²) in [5.41, 5.74) is 2.02. The largest absolute Gasteiger partial charge is 0.493 e. The van der Waals surface area contributed by atoms with E-state index < -0.39 is 6.10 Å². The Morgan fingerprint density at radius 2 is 2.04 bits per heavy atom. The van der Waals surface area contributed by atoms with Gasteiger partial charge in [-0.25, -0.2) is 0 Å². The molecule has 0 aliphatic rings. The van der Waals surface area contributed by atoms with E-state index in [1.165, 1.54) is 0 Å². The predicted octanol–water partition coefficient (Wildman–Crippen LogP) is 2.82. The van der Waals surface area contributed by atoms with Crippen LogP contribution in [0.2, 0.25) is 0 Å². The highest BCUT2D eigenvalue weighted by Gasteiger charge is 2.13. The predicted molar refractivity (Wildman–Crippen MR) is 98.3 cm³/mol. The Bertz CT molecular complexity index is 661. The Labute approximate surface area is 151 Å². The summed E-state index contributed by atoms with van der Waals surface area (Å²) in [6.07, 6.45) is 1.21. The highest BCUT2D eigenvalue weighted by molar-refractivity contribution is 9.10. The smallest absolute Gasteiger partial charge is 0.175 e. The first-order chi connectivity index (χ1) is 11.7. The van der Waals surface area contributed by atoms with Gasteiger partial charge in [-0.3, -0.25) is 0 Å². The van der Waals surface area contributed by atoms with Crippen molar-refractivity contribution in [2.75, 3.05) is 20.3 Å². The minimum Gasteiger partial charge on any atom is -0.493 e. The lowest BCUT2D eigenvalue weighted by atomic mass is 10.1. The maximum absolute atomic E-state index is 10.2. The van der Waals surface area contributed by atoms with E-state index >= 15 is 0 Å². The molecule has 0 radical (unpaired) electrons. The van der Waals surface area contributed by atoms with Gasteiger partial charge < -0.3 is 19.9 Å². The lowest BCUT2D eigenvalue weighted by molar-refractivity contribution is -0.677. The molecule has 0 unspecified atom stereocenters. The van der Waals surface area contributed by atoms with Crippen molar-refractivity contribution in [2.24, 2.45) is 0 Å². The average Bonchev–Trinajstić information content (AvgIpc) is 2.61. The molecule has 4 nitrogen and oxygen atoms in total. The van der Waals surface area contributed by atoms with E-state index in [1.807, 2.05) is 42.5 Å². The van der Waals surface area contributed by atoms with Crippen molar-refractivity contribution in [1.29, 1.82) is 0 Å². The van der Waals surface area contributed by atoms with Gasteiger partial charge >= 0.3 is 0 Å². The quantitative estimate of drug-likeness (QED) is 0.645. The van der Waals surface area contributed by atoms with E-state index in [1.54, 1.807) is 13.2 Å². The molecule has 0 saturated carbocycles. The molecular formula is C19H23BrNO3+. The zero-order valence-corrected chi connectivity index (χ0v) is 15.3. The van der Waals surface area contributed by atoms with Crippen molar-refractivity contribution in [3.05, 3.63) is 70.7 Å². The second-order valence-corrected chi connectivity index (χ2v) is 6.22. The van der Waals surface area contributed by atoms with Crippen molar-refractivity contribution >= 4 is 15.9 Å². The van der Waals surface area contributed by atoms with Crippen LogP contribution in [0.1, 0.15) is 17.2 Å². The number of hydrogen-bond acceptors (Lipinski definition) is 3. The monoisotopic (exact) mass is 392 g/mol. The first kappa shape index (κ1) is 18.5. The second-order valence-electron chi connectivity index (χ2n) is 5.36. The van der Waals surface area contributed by atoms with Gasteiger partial charge in [-0.15, -0.1) is 0 Å². The molecule has 0 aliphatic heterocycles. The summed E-state index contributed by atoms with van der Waals surface area (Å²) in [6.45, 7) is 5.40. The average molecular weight is 393 g/mol.